The number of benzene rings is 2. The number of rotatable bonds is 10. The van der Waals surface area contributed by atoms with Gasteiger partial charge in [-0.25, -0.2) is 0 Å². The molecule has 0 heterocycles. The maximum atomic E-state index is 5.69. The molecule has 2 aromatic rings. The minimum Gasteiger partial charge on any atom is -0.497 e. The first kappa shape index (κ1) is 17.0. The molecule has 4 nitrogen and oxygen atoms in total. The zero-order valence-corrected chi connectivity index (χ0v) is 13.8. The van der Waals surface area contributed by atoms with Gasteiger partial charge in [-0.1, -0.05) is 0 Å². The van der Waals surface area contributed by atoms with Gasteiger partial charge in [0.1, 0.15) is 23.0 Å². The van der Waals surface area contributed by atoms with Crippen molar-refractivity contribution in [2.75, 3.05) is 27.4 Å². The second-order valence-corrected chi connectivity index (χ2v) is 5.11. The van der Waals surface area contributed by atoms with Gasteiger partial charge in [-0.15, -0.1) is 0 Å². The van der Waals surface area contributed by atoms with E-state index in [2.05, 4.69) is 0 Å². The van der Waals surface area contributed by atoms with Crippen LogP contribution in [0.15, 0.2) is 48.5 Å². The molecule has 0 bridgehead atoms. The van der Waals surface area contributed by atoms with Gasteiger partial charge in [-0.2, -0.15) is 0 Å². The number of hydrogen-bond acceptors (Lipinski definition) is 4. The Morgan fingerprint density at radius 1 is 0.522 bits per heavy atom. The minimum absolute atomic E-state index is 0.717. The third-order valence-electron chi connectivity index (χ3n) is 3.45. The monoisotopic (exact) mass is 316 g/mol. The smallest absolute Gasteiger partial charge is 0.119 e. The average molecular weight is 316 g/mol. The molecule has 0 saturated heterocycles. The fourth-order valence-corrected chi connectivity index (χ4v) is 2.10. The van der Waals surface area contributed by atoms with Crippen LogP contribution in [0.3, 0.4) is 0 Å². The van der Waals surface area contributed by atoms with Crippen LogP contribution in [0.4, 0.5) is 0 Å². The van der Waals surface area contributed by atoms with Crippen molar-refractivity contribution in [3.63, 3.8) is 0 Å². The standard InChI is InChI=1S/C19H24O4/c1-20-16-6-10-18(11-7-16)22-14-4-3-5-15-23-19-12-8-17(21-2)9-13-19/h6-13H,3-5,14-15H2,1-2H3. The van der Waals surface area contributed by atoms with Crippen LogP contribution in [-0.2, 0) is 0 Å². The molecule has 0 spiro atoms. The quantitative estimate of drug-likeness (QED) is 0.611. The van der Waals surface area contributed by atoms with Crippen LogP contribution in [0.2, 0.25) is 0 Å². The summed E-state index contributed by atoms with van der Waals surface area (Å²) in [7, 11) is 3.31. The molecule has 0 radical (unpaired) electrons. The Morgan fingerprint density at radius 3 is 1.22 bits per heavy atom. The Labute approximate surface area is 137 Å². The number of unbranched alkanes of at least 4 members (excludes halogenated alkanes) is 2. The molecule has 0 atom stereocenters. The lowest BCUT2D eigenvalue weighted by atomic mass is 10.2. The van der Waals surface area contributed by atoms with Crippen molar-refractivity contribution >= 4 is 0 Å². The minimum atomic E-state index is 0.717. The van der Waals surface area contributed by atoms with Crippen molar-refractivity contribution in [3.05, 3.63) is 48.5 Å². The molecule has 0 aliphatic rings. The van der Waals surface area contributed by atoms with Gasteiger partial charge in [-0.3, -0.25) is 0 Å². The molecule has 0 aromatic heterocycles. The summed E-state index contributed by atoms with van der Waals surface area (Å²) in [5.41, 5.74) is 0. The topological polar surface area (TPSA) is 36.9 Å². The highest BCUT2D eigenvalue weighted by Crippen LogP contribution is 2.18. The Balaban J connectivity index is 1.53. The third kappa shape index (κ3) is 6.10. The molecule has 2 aromatic carbocycles. The van der Waals surface area contributed by atoms with Crippen molar-refractivity contribution in [2.45, 2.75) is 19.3 Å². The van der Waals surface area contributed by atoms with E-state index in [1.165, 1.54) is 0 Å². The molecule has 0 fully saturated rings. The summed E-state index contributed by atoms with van der Waals surface area (Å²) in [6.45, 7) is 1.43. The molecular formula is C19H24O4. The van der Waals surface area contributed by atoms with Crippen LogP contribution >= 0.6 is 0 Å². The fraction of sp³-hybridized carbons (Fsp3) is 0.368. The molecule has 0 amide bonds. The van der Waals surface area contributed by atoms with E-state index in [1.807, 2.05) is 48.5 Å². The molecule has 0 saturated carbocycles. The number of methoxy groups -OCH3 is 2. The summed E-state index contributed by atoms with van der Waals surface area (Å²) in [4.78, 5) is 0. The van der Waals surface area contributed by atoms with E-state index in [1.54, 1.807) is 14.2 Å². The lowest BCUT2D eigenvalue weighted by Crippen LogP contribution is -2.01. The van der Waals surface area contributed by atoms with E-state index in [4.69, 9.17) is 18.9 Å². The zero-order chi connectivity index (χ0) is 16.3. The fourth-order valence-electron chi connectivity index (χ4n) is 2.10. The first-order valence-electron chi connectivity index (χ1n) is 7.85. The summed E-state index contributed by atoms with van der Waals surface area (Å²) < 4.78 is 21.6. The summed E-state index contributed by atoms with van der Waals surface area (Å²) in [6.07, 6.45) is 3.10. The van der Waals surface area contributed by atoms with Gasteiger partial charge < -0.3 is 18.9 Å². The normalized spacial score (nSPS) is 10.2. The first-order chi connectivity index (χ1) is 11.3. The Hall–Kier alpha value is -2.36. The van der Waals surface area contributed by atoms with E-state index in [0.717, 1.165) is 55.5 Å². The van der Waals surface area contributed by atoms with Gasteiger partial charge in [-0.05, 0) is 67.8 Å². The molecule has 0 aliphatic heterocycles. The van der Waals surface area contributed by atoms with E-state index >= 15 is 0 Å². The van der Waals surface area contributed by atoms with Crippen LogP contribution in [0.1, 0.15) is 19.3 Å². The Morgan fingerprint density at radius 2 is 0.870 bits per heavy atom. The predicted molar refractivity (Wildman–Crippen MR) is 90.8 cm³/mol. The maximum Gasteiger partial charge on any atom is 0.119 e. The highest BCUT2D eigenvalue weighted by Gasteiger charge is 1.97. The second kappa shape index (κ2) is 9.62. The number of ether oxygens (including phenoxy) is 4. The first-order valence-corrected chi connectivity index (χ1v) is 7.85. The Bertz CT molecular complexity index is 497. The third-order valence-corrected chi connectivity index (χ3v) is 3.45. The molecule has 0 unspecified atom stereocenters. The largest absolute Gasteiger partial charge is 0.497 e. The van der Waals surface area contributed by atoms with E-state index in [0.29, 0.717) is 0 Å². The summed E-state index contributed by atoms with van der Waals surface area (Å²) >= 11 is 0. The lowest BCUT2D eigenvalue weighted by molar-refractivity contribution is 0.279. The SMILES string of the molecule is COc1ccc(OCCCCCOc2ccc(OC)cc2)cc1. The lowest BCUT2D eigenvalue weighted by Gasteiger charge is -2.08. The highest BCUT2D eigenvalue weighted by molar-refractivity contribution is 5.31. The van der Waals surface area contributed by atoms with Crippen molar-refractivity contribution < 1.29 is 18.9 Å². The van der Waals surface area contributed by atoms with E-state index in [-0.39, 0.29) is 0 Å². The molecule has 0 N–H and O–H groups in total. The summed E-state index contributed by atoms with van der Waals surface area (Å²) in [5.74, 6) is 3.43. The van der Waals surface area contributed by atoms with Gasteiger partial charge in [0, 0.05) is 0 Å². The zero-order valence-electron chi connectivity index (χ0n) is 13.8. The Kier molecular flexibility index (Phi) is 7.11. The van der Waals surface area contributed by atoms with Crippen LogP contribution in [0.5, 0.6) is 23.0 Å². The van der Waals surface area contributed by atoms with Crippen LogP contribution in [-0.4, -0.2) is 27.4 Å². The highest BCUT2D eigenvalue weighted by atomic mass is 16.5. The van der Waals surface area contributed by atoms with Crippen molar-refractivity contribution in [2.24, 2.45) is 0 Å². The van der Waals surface area contributed by atoms with Gasteiger partial charge >= 0.3 is 0 Å². The molecule has 4 heteroatoms. The van der Waals surface area contributed by atoms with Crippen LogP contribution in [0, 0.1) is 0 Å². The molecule has 2 rings (SSSR count). The molecule has 0 aliphatic carbocycles. The number of hydrogen-bond donors (Lipinski definition) is 0. The van der Waals surface area contributed by atoms with Crippen molar-refractivity contribution in [1.82, 2.24) is 0 Å². The van der Waals surface area contributed by atoms with Gasteiger partial charge in [0.15, 0.2) is 0 Å². The second-order valence-electron chi connectivity index (χ2n) is 5.11. The van der Waals surface area contributed by atoms with Gasteiger partial charge in [0.2, 0.25) is 0 Å². The van der Waals surface area contributed by atoms with E-state index < -0.39 is 0 Å². The average Bonchev–Trinajstić information content (AvgIpc) is 2.62. The molecule has 23 heavy (non-hydrogen) atoms. The van der Waals surface area contributed by atoms with E-state index in [9.17, 15) is 0 Å². The maximum absolute atomic E-state index is 5.69. The van der Waals surface area contributed by atoms with Crippen LogP contribution < -0.4 is 18.9 Å². The van der Waals surface area contributed by atoms with Gasteiger partial charge in [0.25, 0.3) is 0 Å². The van der Waals surface area contributed by atoms with Crippen molar-refractivity contribution in [3.8, 4) is 23.0 Å². The molecule has 124 valence electrons. The summed E-state index contributed by atoms with van der Waals surface area (Å²) in [5, 5.41) is 0. The summed E-state index contributed by atoms with van der Waals surface area (Å²) in [6, 6.07) is 15.3. The molecular weight excluding hydrogens is 292 g/mol. The van der Waals surface area contributed by atoms with Crippen LogP contribution in [0.25, 0.3) is 0 Å². The van der Waals surface area contributed by atoms with Crippen molar-refractivity contribution in [1.29, 1.82) is 0 Å². The van der Waals surface area contributed by atoms with Gasteiger partial charge in [0.05, 0.1) is 27.4 Å². The predicted octanol–water partition coefficient (Wildman–Crippen LogP) is 4.33.